The van der Waals surface area contributed by atoms with E-state index in [2.05, 4.69) is 21.4 Å². The molecule has 1 fully saturated rings. The van der Waals surface area contributed by atoms with Crippen LogP contribution in [0.3, 0.4) is 0 Å². The maximum absolute atomic E-state index is 13.2. The molecule has 0 bridgehead atoms. The van der Waals surface area contributed by atoms with Crippen LogP contribution in [0.1, 0.15) is 30.0 Å². The van der Waals surface area contributed by atoms with E-state index >= 15 is 0 Å². The van der Waals surface area contributed by atoms with Gasteiger partial charge in [-0.2, -0.15) is 5.26 Å². The quantitative estimate of drug-likeness (QED) is 0.632. The lowest BCUT2D eigenvalue weighted by atomic mass is 9.93. The molecule has 3 aromatic rings. The van der Waals surface area contributed by atoms with Crippen molar-refractivity contribution in [3.8, 4) is 34.3 Å². The number of rotatable bonds is 3. The summed E-state index contributed by atoms with van der Waals surface area (Å²) < 4.78 is 13.2. The zero-order chi connectivity index (χ0) is 20.4. The van der Waals surface area contributed by atoms with Crippen LogP contribution in [-0.4, -0.2) is 28.2 Å². The molecular formula is C22H20FN5O. The molecule has 0 amide bonds. The number of aromatic nitrogens is 2. The third kappa shape index (κ3) is 3.75. The first-order chi connectivity index (χ1) is 14.1. The summed E-state index contributed by atoms with van der Waals surface area (Å²) in [4.78, 5) is 8.87. The van der Waals surface area contributed by atoms with Crippen molar-refractivity contribution in [1.29, 1.82) is 5.26 Å². The Morgan fingerprint density at radius 2 is 1.90 bits per heavy atom. The number of anilines is 1. The summed E-state index contributed by atoms with van der Waals surface area (Å²) in [6.45, 7) is 1.66. The van der Waals surface area contributed by atoms with E-state index in [1.807, 2.05) is 6.07 Å². The highest BCUT2D eigenvalue weighted by Gasteiger charge is 2.24. The lowest BCUT2D eigenvalue weighted by Crippen LogP contribution is -2.29. The number of nitrogens with zero attached hydrogens (tertiary/aromatic N) is 3. The smallest absolute Gasteiger partial charge is 0.165 e. The van der Waals surface area contributed by atoms with Crippen LogP contribution in [0.4, 0.5) is 10.2 Å². The number of piperidine rings is 1. The number of phenols is 1. The monoisotopic (exact) mass is 389 g/mol. The molecule has 0 spiro atoms. The molecule has 4 rings (SSSR count). The molecule has 0 aliphatic carbocycles. The maximum Gasteiger partial charge on any atom is 0.165 e. The van der Waals surface area contributed by atoms with Gasteiger partial charge in [0, 0.05) is 12.5 Å². The number of hydrogen-bond acceptors (Lipinski definition) is 6. The number of nitriles is 1. The summed E-state index contributed by atoms with van der Waals surface area (Å²) in [7, 11) is 0. The maximum atomic E-state index is 13.2. The summed E-state index contributed by atoms with van der Waals surface area (Å²) in [6.07, 6.45) is 1.90. The van der Waals surface area contributed by atoms with E-state index in [0.717, 1.165) is 37.1 Å². The number of aromatic hydroxyl groups is 1. The first kappa shape index (κ1) is 18.8. The lowest BCUT2D eigenvalue weighted by molar-refractivity contribution is 0.453. The van der Waals surface area contributed by atoms with Gasteiger partial charge in [0.1, 0.15) is 29.0 Å². The molecule has 1 aromatic heterocycles. The average Bonchev–Trinajstić information content (AvgIpc) is 2.74. The van der Waals surface area contributed by atoms with Crippen LogP contribution in [-0.2, 0) is 0 Å². The van der Waals surface area contributed by atoms with Gasteiger partial charge in [0.25, 0.3) is 0 Å². The van der Waals surface area contributed by atoms with Crippen LogP contribution < -0.4 is 11.1 Å². The molecule has 1 aliphatic rings. The second-order valence-electron chi connectivity index (χ2n) is 7.09. The van der Waals surface area contributed by atoms with Crippen molar-refractivity contribution in [2.75, 3.05) is 18.8 Å². The fraction of sp³-hybridized carbons (Fsp3) is 0.227. The second-order valence-corrected chi connectivity index (χ2v) is 7.09. The van der Waals surface area contributed by atoms with E-state index in [0.29, 0.717) is 16.8 Å². The zero-order valence-corrected chi connectivity index (χ0v) is 15.7. The van der Waals surface area contributed by atoms with E-state index in [-0.39, 0.29) is 29.1 Å². The van der Waals surface area contributed by atoms with Crippen molar-refractivity contribution in [3.05, 3.63) is 59.5 Å². The van der Waals surface area contributed by atoms with Crippen LogP contribution in [0.15, 0.2) is 42.5 Å². The van der Waals surface area contributed by atoms with E-state index in [4.69, 9.17) is 5.73 Å². The second kappa shape index (κ2) is 7.86. The molecule has 4 N–H and O–H groups in total. The van der Waals surface area contributed by atoms with Gasteiger partial charge in [0.15, 0.2) is 5.82 Å². The van der Waals surface area contributed by atoms with E-state index in [9.17, 15) is 14.8 Å². The summed E-state index contributed by atoms with van der Waals surface area (Å²) in [5.41, 5.74) is 8.91. The Kier molecular flexibility index (Phi) is 5.10. The van der Waals surface area contributed by atoms with Gasteiger partial charge >= 0.3 is 0 Å². The number of phenolic OH excluding ortho intramolecular Hbond substituents is 1. The Morgan fingerprint density at radius 1 is 1.14 bits per heavy atom. The molecule has 29 heavy (non-hydrogen) atoms. The van der Waals surface area contributed by atoms with Crippen LogP contribution in [0.25, 0.3) is 22.5 Å². The molecule has 7 heteroatoms. The van der Waals surface area contributed by atoms with Crippen LogP contribution in [0.2, 0.25) is 0 Å². The minimum absolute atomic E-state index is 0.0105. The van der Waals surface area contributed by atoms with E-state index in [1.54, 1.807) is 24.3 Å². The fourth-order valence-corrected chi connectivity index (χ4v) is 3.65. The van der Waals surface area contributed by atoms with E-state index < -0.39 is 0 Å². The standard InChI is InChI=1S/C22H20FN5O/c23-16-6-3-13(4-7-16)14-5-8-17(19(29)10-14)22-27-20(15-2-1-9-26-12-15)18(11-24)21(25)28-22/h3-8,10,15,26,29H,1-2,9,12H2,(H2,25,27,28). The Hall–Kier alpha value is -3.50. The largest absolute Gasteiger partial charge is 0.507 e. The predicted octanol–water partition coefficient (Wildman–Crippen LogP) is 3.58. The van der Waals surface area contributed by atoms with Crippen molar-refractivity contribution in [2.45, 2.75) is 18.8 Å². The van der Waals surface area contributed by atoms with Crippen molar-refractivity contribution in [2.24, 2.45) is 0 Å². The molecular weight excluding hydrogens is 369 g/mol. The number of benzene rings is 2. The average molecular weight is 389 g/mol. The van der Waals surface area contributed by atoms with Crippen molar-refractivity contribution in [1.82, 2.24) is 15.3 Å². The third-order valence-corrected chi connectivity index (χ3v) is 5.18. The van der Waals surface area contributed by atoms with Crippen LogP contribution in [0, 0.1) is 17.1 Å². The minimum atomic E-state index is -0.319. The van der Waals surface area contributed by atoms with Gasteiger partial charge in [-0.3, -0.25) is 0 Å². The number of hydrogen-bond donors (Lipinski definition) is 3. The lowest BCUT2D eigenvalue weighted by Gasteiger charge is -2.23. The highest BCUT2D eigenvalue weighted by Crippen LogP contribution is 2.34. The van der Waals surface area contributed by atoms with Gasteiger partial charge in [-0.05, 0) is 54.8 Å². The van der Waals surface area contributed by atoms with E-state index in [1.165, 1.54) is 12.1 Å². The highest BCUT2D eigenvalue weighted by molar-refractivity contribution is 5.74. The molecule has 2 heterocycles. The molecule has 146 valence electrons. The first-order valence-electron chi connectivity index (χ1n) is 9.44. The Morgan fingerprint density at radius 3 is 2.55 bits per heavy atom. The Balaban J connectivity index is 1.75. The summed E-state index contributed by atoms with van der Waals surface area (Å²) in [5.74, 6) is 0.137. The SMILES string of the molecule is N#Cc1c(N)nc(-c2ccc(-c3ccc(F)cc3)cc2O)nc1C1CCCNC1. The first-order valence-corrected chi connectivity index (χ1v) is 9.44. The summed E-state index contributed by atoms with van der Waals surface area (Å²) in [5, 5.41) is 23.4. The van der Waals surface area contributed by atoms with Crippen LogP contribution >= 0.6 is 0 Å². The van der Waals surface area contributed by atoms with Gasteiger partial charge in [0.2, 0.25) is 0 Å². The molecule has 0 saturated carbocycles. The van der Waals surface area contributed by atoms with Crippen molar-refractivity contribution in [3.63, 3.8) is 0 Å². The van der Waals surface area contributed by atoms with Gasteiger partial charge in [-0.1, -0.05) is 18.2 Å². The molecule has 1 atom stereocenters. The molecule has 1 aliphatic heterocycles. The fourth-order valence-electron chi connectivity index (χ4n) is 3.65. The van der Waals surface area contributed by atoms with Gasteiger partial charge in [-0.15, -0.1) is 0 Å². The van der Waals surface area contributed by atoms with Crippen molar-refractivity contribution < 1.29 is 9.50 Å². The number of nitrogen functional groups attached to an aromatic ring is 1. The van der Waals surface area contributed by atoms with Gasteiger partial charge in [-0.25, -0.2) is 14.4 Å². The number of nitrogens with two attached hydrogens (primary N) is 1. The number of halogens is 1. The third-order valence-electron chi connectivity index (χ3n) is 5.18. The minimum Gasteiger partial charge on any atom is -0.507 e. The molecule has 0 radical (unpaired) electrons. The molecule has 1 saturated heterocycles. The topological polar surface area (TPSA) is 108 Å². The molecule has 1 unspecified atom stereocenters. The Bertz CT molecular complexity index is 1090. The van der Waals surface area contributed by atoms with Gasteiger partial charge < -0.3 is 16.2 Å². The number of nitrogens with one attached hydrogen (secondary N) is 1. The highest BCUT2D eigenvalue weighted by atomic mass is 19.1. The zero-order valence-electron chi connectivity index (χ0n) is 15.7. The Labute approximate surface area is 167 Å². The predicted molar refractivity (Wildman–Crippen MR) is 108 cm³/mol. The van der Waals surface area contributed by atoms with Crippen molar-refractivity contribution >= 4 is 5.82 Å². The molecule has 6 nitrogen and oxygen atoms in total. The summed E-state index contributed by atoms with van der Waals surface area (Å²) >= 11 is 0. The normalized spacial score (nSPS) is 16.3. The van der Waals surface area contributed by atoms with Crippen LogP contribution in [0.5, 0.6) is 5.75 Å². The molecule has 2 aromatic carbocycles. The summed E-state index contributed by atoms with van der Waals surface area (Å²) in [6, 6.07) is 13.3. The van der Waals surface area contributed by atoms with Gasteiger partial charge in [0.05, 0.1) is 11.3 Å².